The van der Waals surface area contributed by atoms with E-state index in [0.717, 1.165) is 12.1 Å². The van der Waals surface area contributed by atoms with Gasteiger partial charge in [-0.3, -0.25) is 4.57 Å². The molecule has 0 aliphatic rings. The first-order chi connectivity index (χ1) is 9.99. The molecule has 0 saturated heterocycles. The van der Waals surface area contributed by atoms with Crippen LogP contribution < -0.4 is 0 Å². The van der Waals surface area contributed by atoms with Gasteiger partial charge in [0.2, 0.25) is 0 Å². The largest absolute Gasteiger partial charge is 0.478 e. The number of benzene rings is 2. The zero-order valence-corrected chi connectivity index (χ0v) is 11.0. The lowest BCUT2D eigenvalue weighted by Crippen LogP contribution is -1.99. The van der Waals surface area contributed by atoms with Crippen LogP contribution in [0.1, 0.15) is 16.2 Å². The minimum Gasteiger partial charge on any atom is -0.478 e. The predicted octanol–water partition coefficient (Wildman–Crippen LogP) is 3.31. The van der Waals surface area contributed by atoms with Gasteiger partial charge in [-0.2, -0.15) is 0 Å². The first kappa shape index (κ1) is 13.2. The zero-order chi connectivity index (χ0) is 15.1. The van der Waals surface area contributed by atoms with Gasteiger partial charge in [-0.05, 0) is 31.2 Å². The van der Waals surface area contributed by atoms with Gasteiger partial charge in [0.15, 0.2) is 11.6 Å². The van der Waals surface area contributed by atoms with E-state index in [4.69, 9.17) is 0 Å². The average molecular weight is 288 g/mol. The number of hydrogen-bond donors (Lipinski definition) is 1. The topological polar surface area (TPSA) is 55.1 Å². The van der Waals surface area contributed by atoms with Crippen molar-refractivity contribution in [2.24, 2.45) is 0 Å². The van der Waals surface area contributed by atoms with Crippen LogP contribution in [0.4, 0.5) is 8.78 Å². The highest BCUT2D eigenvalue weighted by Gasteiger charge is 2.16. The third-order valence-corrected chi connectivity index (χ3v) is 3.24. The molecule has 1 N–H and O–H groups in total. The lowest BCUT2D eigenvalue weighted by atomic mass is 10.2. The molecule has 106 valence electrons. The van der Waals surface area contributed by atoms with E-state index in [9.17, 15) is 18.7 Å². The second-order valence-corrected chi connectivity index (χ2v) is 4.57. The summed E-state index contributed by atoms with van der Waals surface area (Å²) in [6, 6.07) is 8.22. The fourth-order valence-electron chi connectivity index (χ4n) is 2.34. The summed E-state index contributed by atoms with van der Waals surface area (Å²) in [5.41, 5.74) is 1.29. The summed E-state index contributed by atoms with van der Waals surface area (Å²) in [6.45, 7) is 1.67. The molecule has 0 fully saturated rings. The van der Waals surface area contributed by atoms with Crippen molar-refractivity contribution < 1.29 is 18.7 Å². The van der Waals surface area contributed by atoms with Crippen LogP contribution in [0.2, 0.25) is 0 Å². The van der Waals surface area contributed by atoms with Gasteiger partial charge in [-0.15, -0.1) is 0 Å². The fourth-order valence-corrected chi connectivity index (χ4v) is 2.34. The molecular formula is C15H10F2N2O2. The molecule has 1 aromatic heterocycles. The molecule has 3 rings (SSSR count). The Balaban J connectivity index is 2.32. The predicted molar refractivity (Wildman–Crippen MR) is 72.7 cm³/mol. The molecule has 0 atom stereocenters. The number of hydrogen-bond acceptors (Lipinski definition) is 2. The number of nitrogens with zero attached hydrogens (tertiary/aromatic N) is 2. The minimum absolute atomic E-state index is 0.0666. The number of rotatable bonds is 2. The van der Waals surface area contributed by atoms with Gasteiger partial charge in [-0.1, -0.05) is 6.07 Å². The molecule has 0 spiro atoms. The summed E-state index contributed by atoms with van der Waals surface area (Å²) in [6.07, 6.45) is 0. The molecule has 0 radical (unpaired) electrons. The summed E-state index contributed by atoms with van der Waals surface area (Å²) in [7, 11) is 0. The number of carboxylic acid groups (broad SMARTS) is 1. The molecular weight excluding hydrogens is 278 g/mol. The smallest absolute Gasteiger partial charge is 0.337 e. The molecule has 0 aliphatic carbocycles. The van der Waals surface area contributed by atoms with Crippen LogP contribution in [0.3, 0.4) is 0 Å². The van der Waals surface area contributed by atoms with Crippen LogP contribution in [0.5, 0.6) is 0 Å². The number of halogens is 2. The van der Waals surface area contributed by atoms with Gasteiger partial charge in [0.1, 0.15) is 11.3 Å². The number of aryl methyl sites for hydroxylation is 1. The summed E-state index contributed by atoms with van der Waals surface area (Å²) < 4.78 is 28.0. The van der Waals surface area contributed by atoms with Crippen molar-refractivity contribution >= 4 is 17.0 Å². The number of carboxylic acids is 1. The summed E-state index contributed by atoms with van der Waals surface area (Å²) >= 11 is 0. The van der Waals surface area contributed by atoms with Crippen LogP contribution in [-0.4, -0.2) is 20.6 Å². The van der Waals surface area contributed by atoms with Crippen molar-refractivity contribution in [1.29, 1.82) is 0 Å². The number of para-hydroxylation sites is 1. The van der Waals surface area contributed by atoms with E-state index in [1.807, 2.05) is 0 Å². The van der Waals surface area contributed by atoms with Gasteiger partial charge < -0.3 is 5.11 Å². The van der Waals surface area contributed by atoms with Crippen LogP contribution >= 0.6 is 0 Å². The maximum absolute atomic E-state index is 13.4. The lowest BCUT2D eigenvalue weighted by molar-refractivity contribution is 0.0699. The Kier molecular flexibility index (Phi) is 2.94. The van der Waals surface area contributed by atoms with Crippen LogP contribution in [-0.2, 0) is 0 Å². The molecule has 0 unspecified atom stereocenters. The third-order valence-electron chi connectivity index (χ3n) is 3.24. The van der Waals surface area contributed by atoms with Crippen LogP contribution in [0, 0.1) is 18.6 Å². The number of fused-ring (bicyclic) bond motifs is 1. The standard InChI is InChI=1S/C15H10F2N2O2/c1-8-18-14-10(15(20)21)3-2-4-13(14)19(8)9-5-6-11(16)12(17)7-9/h2-7H,1H3,(H,20,21). The zero-order valence-electron chi connectivity index (χ0n) is 11.0. The van der Waals surface area contributed by atoms with Crippen molar-refractivity contribution in [2.75, 3.05) is 0 Å². The number of carbonyl (C=O) groups is 1. The summed E-state index contributed by atoms with van der Waals surface area (Å²) in [4.78, 5) is 15.4. The van der Waals surface area contributed by atoms with Gasteiger partial charge in [0.05, 0.1) is 16.8 Å². The fraction of sp³-hybridized carbons (Fsp3) is 0.0667. The molecule has 3 aromatic rings. The van der Waals surface area contributed by atoms with Crippen LogP contribution in [0.15, 0.2) is 36.4 Å². The molecule has 0 bridgehead atoms. The van der Waals surface area contributed by atoms with Gasteiger partial charge in [-0.25, -0.2) is 18.6 Å². The molecule has 0 saturated carbocycles. The van der Waals surface area contributed by atoms with E-state index in [1.54, 1.807) is 23.6 Å². The maximum Gasteiger partial charge on any atom is 0.337 e. The van der Waals surface area contributed by atoms with Crippen molar-refractivity contribution in [3.63, 3.8) is 0 Å². The molecule has 21 heavy (non-hydrogen) atoms. The molecule has 1 heterocycles. The monoisotopic (exact) mass is 288 g/mol. The first-order valence-electron chi connectivity index (χ1n) is 6.16. The highest BCUT2D eigenvalue weighted by Crippen LogP contribution is 2.24. The SMILES string of the molecule is Cc1nc2c(C(=O)O)cccc2n1-c1ccc(F)c(F)c1. The Morgan fingerprint density at radius 1 is 1.19 bits per heavy atom. The number of imidazole rings is 1. The van der Waals surface area contributed by atoms with Crippen molar-refractivity contribution in [3.8, 4) is 5.69 Å². The Bertz CT molecular complexity index is 871. The Hall–Kier alpha value is -2.76. The van der Waals surface area contributed by atoms with Gasteiger partial charge in [0, 0.05) is 6.07 Å². The van der Waals surface area contributed by atoms with E-state index < -0.39 is 17.6 Å². The van der Waals surface area contributed by atoms with Crippen molar-refractivity contribution in [3.05, 3.63) is 59.4 Å². The van der Waals surface area contributed by atoms with E-state index >= 15 is 0 Å². The quantitative estimate of drug-likeness (QED) is 0.787. The van der Waals surface area contributed by atoms with Crippen molar-refractivity contribution in [1.82, 2.24) is 9.55 Å². The van der Waals surface area contributed by atoms with E-state index in [2.05, 4.69) is 4.98 Å². The minimum atomic E-state index is -1.09. The molecule has 0 aliphatic heterocycles. The molecule has 0 amide bonds. The first-order valence-corrected chi connectivity index (χ1v) is 6.16. The Labute approximate surface area is 118 Å². The normalized spacial score (nSPS) is 11.0. The van der Waals surface area contributed by atoms with Gasteiger partial charge >= 0.3 is 5.97 Å². The Morgan fingerprint density at radius 2 is 1.95 bits per heavy atom. The number of aromatic nitrogens is 2. The average Bonchev–Trinajstić information content (AvgIpc) is 2.77. The van der Waals surface area contributed by atoms with Crippen molar-refractivity contribution in [2.45, 2.75) is 6.92 Å². The third kappa shape index (κ3) is 2.05. The Morgan fingerprint density at radius 3 is 2.62 bits per heavy atom. The maximum atomic E-state index is 13.4. The van der Waals surface area contributed by atoms with E-state index in [1.165, 1.54) is 12.1 Å². The van der Waals surface area contributed by atoms with Gasteiger partial charge in [0.25, 0.3) is 0 Å². The summed E-state index contributed by atoms with van der Waals surface area (Å²) in [5, 5.41) is 9.18. The van der Waals surface area contributed by atoms with E-state index in [-0.39, 0.29) is 5.56 Å². The molecule has 4 nitrogen and oxygen atoms in total. The molecule has 6 heteroatoms. The summed E-state index contributed by atoms with van der Waals surface area (Å²) in [5.74, 6) is -2.50. The highest BCUT2D eigenvalue weighted by atomic mass is 19.2. The second kappa shape index (κ2) is 4.66. The van der Waals surface area contributed by atoms with Crippen LogP contribution in [0.25, 0.3) is 16.7 Å². The lowest BCUT2D eigenvalue weighted by Gasteiger charge is -2.07. The van der Waals surface area contributed by atoms with E-state index in [0.29, 0.717) is 22.5 Å². The highest BCUT2D eigenvalue weighted by molar-refractivity contribution is 6.01. The number of aromatic carboxylic acids is 1. The molecule has 2 aromatic carbocycles. The second-order valence-electron chi connectivity index (χ2n) is 4.57.